The number of para-hydroxylation sites is 1. The first-order valence-electron chi connectivity index (χ1n) is 7.58. The van der Waals surface area contributed by atoms with Crippen LogP contribution in [0, 0.1) is 0 Å². The molecule has 7 nitrogen and oxygen atoms in total. The molecule has 0 bridgehead atoms. The Morgan fingerprint density at radius 2 is 1.96 bits per heavy atom. The number of ketones is 1. The molecule has 132 valence electrons. The molecule has 1 heterocycles. The highest BCUT2D eigenvalue weighted by atomic mass is 32.1. The van der Waals surface area contributed by atoms with E-state index in [1.165, 1.54) is 25.3 Å². The average Bonchev–Trinajstić information content (AvgIpc) is 3.10. The van der Waals surface area contributed by atoms with Crippen molar-refractivity contribution < 1.29 is 24.2 Å². The van der Waals surface area contributed by atoms with Crippen LogP contribution in [0.2, 0.25) is 0 Å². The molecular weight excluding hydrogens is 356 g/mol. The number of nitrogens with one attached hydrogen (secondary N) is 1. The third-order valence-corrected chi connectivity index (χ3v) is 4.65. The van der Waals surface area contributed by atoms with Crippen molar-refractivity contribution in [2.24, 2.45) is 0 Å². The summed E-state index contributed by atoms with van der Waals surface area (Å²) in [6.07, 6.45) is 0. The maximum absolute atomic E-state index is 12.2. The molecule has 26 heavy (non-hydrogen) atoms. The van der Waals surface area contributed by atoms with E-state index in [2.05, 4.69) is 15.0 Å². The molecule has 0 spiro atoms. The Kier molecular flexibility index (Phi) is 4.94. The molecule has 3 rings (SSSR count). The second-order valence-corrected chi connectivity index (χ2v) is 6.37. The van der Waals surface area contributed by atoms with E-state index in [0.29, 0.717) is 11.1 Å². The van der Waals surface area contributed by atoms with Gasteiger partial charge in [0, 0.05) is 6.54 Å². The number of methoxy groups -OCH3 is 1. The fraction of sp³-hybridized carbons (Fsp3) is 0.111. The van der Waals surface area contributed by atoms with Gasteiger partial charge in [-0.2, -0.15) is 0 Å². The van der Waals surface area contributed by atoms with Crippen LogP contribution >= 0.6 is 11.3 Å². The molecule has 0 aliphatic rings. The van der Waals surface area contributed by atoms with Crippen molar-refractivity contribution in [1.82, 2.24) is 10.3 Å². The van der Waals surface area contributed by atoms with Gasteiger partial charge in [-0.15, -0.1) is 11.3 Å². The molecule has 1 aromatic heterocycles. The number of phenols is 1. The molecule has 0 atom stereocenters. The third-order valence-electron chi connectivity index (χ3n) is 3.61. The van der Waals surface area contributed by atoms with Gasteiger partial charge in [0.05, 0.1) is 17.3 Å². The Balaban J connectivity index is 1.70. The highest BCUT2D eigenvalue weighted by Crippen LogP contribution is 2.22. The first-order valence-corrected chi connectivity index (χ1v) is 8.39. The first kappa shape index (κ1) is 17.6. The van der Waals surface area contributed by atoms with Crippen LogP contribution in [0.25, 0.3) is 10.2 Å². The minimum atomic E-state index is -0.795. The van der Waals surface area contributed by atoms with Crippen LogP contribution < -0.4 is 5.32 Å². The van der Waals surface area contributed by atoms with E-state index >= 15 is 0 Å². The lowest BCUT2D eigenvalue weighted by molar-refractivity contribution is -0.117. The normalized spacial score (nSPS) is 10.5. The van der Waals surface area contributed by atoms with Gasteiger partial charge in [-0.05, 0) is 29.8 Å². The van der Waals surface area contributed by atoms with Crippen molar-refractivity contribution in [2.75, 3.05) is 7.11 Å². The van der Waals surface area contributed by atoms with Crippen LogP contribution in [0.5, 0.6) is 5.75 Å². The number of hydrogen-bond acceptors (Lipinski definition) is 7. The predicted octanol–water partition coefficient (Wildman–Crippen LogP) is 2.29. The zero-order chi connectivity index (χ0) is 18.7. The van der Waals surface area contributed by atoms with E-state index in [9.17, 15) is 19.5 Å². The van der Waals surface area contributed by atoms with Crippen LogP contribution in [-0.4, -0.2) is 34.9 Å². The molecule has 0 radical (unpaired) electrons. The highest BCUT2D eigenvalue weighted by molar-refractivity contribution is 7.21. The molecule has 0 saturated carbocycles. The number of aromatic hydroxyl groups is 1. The van der Waals surface area contributed by atoms with Gasteiger partial charge in [-0.3, -0.25) is 9.59 Å². The Bertz CT molecular complexity index is 979. The van der Waals surface area contributed by atoms with Gasteiger partial charge in [-0.1, -0.05) is 18.2 Å². The number of aromatic nitrogens is 1. The number of rotatable bonds is 5. The topological polar surface area (TPSA) is 106 Å². The number of hydrogen-bond donors (Lipinski definition) is 2. The quantitative estimate of drug-likeness (QED) is 0.405. The van der Waals surface area contributed by atoms with Crippen molar-refractivity contribution >= 4 is 39.2 Å². The van der Waals surface area contributed by atoms with Crippen molar-refractivity contribution in [1.29, 1.82) is 0 Å². The SMILES string of the molecule is COC(=O)c1cc(CNC(=O)C(=O)c2nc3ccccc3s2)ccc1O. The summed E-state index contributed by atoms with van der Waals surface area (Å²) in [6, 6.07) is 11.5. The van der Waals surface area contributed by atoms with Gasteiger partial charge < -0.3 is 15.2 Å². The predicted molar refractivity (Wildman–Crippen MR) is 95.2 cm³/mol. The summed E-state index contributed by atoms with van der Waals surface area (Å²) in [6.45, 7) is 0.0136. The van der Waals surface area contributed by atoms with Crippen molar-refractivity contribution in [3.05, 3.63) is 58.6 Å². The Labute approximate surface area is 152 Å². The minimum absolute atomic E-state index is 0.0136. The van der Waals surface area contributed by atoms with Gasteiger partial charge in [-0.25, -0.2) is 9.78 Å². The zero-order valence-electron chi connectivity index (χ0n) is 13.7. The summed E-state index contributed by atoms with van der Waals surface area (Å²) in [5, 5.41) is 12.3. The second-order valence-electron chi connectivity index (χ2n) is 5.34. The van der Waals surface area contributed by atoms with Gasteiger partial charge in [0.2, 0.25) is 0 Å². The van der Waals surface area contributed by atoms with Crippen LogP contribution in [-0.2, 0) is 16.1 Å². The van der Waals surface area contributed by atoms with Crippen LogP contribution in [0.3, 0.4) is 0 Å². The minimum Gasteiger partial charge on any atom is -0.507 e. The highest BCUT2D eigenvalue weighted by Gasteiger charge is 2.20. The van der Waals surface area contributed by atoms with E-state index in [4.69, 9.17) is 0 Å². The monoisotopic (exact) mass is 370 g/mol. The van der Waals surface area contributed by atoms with Crippen molar-refractivity contribution in [3.8, 4) is 5.75 Å². The summed E-state index contributed by atoms with van der Waals surface area (Å²) < 4.78 is 5.40. The molecule has 8 heteroatoms. The van der Waals surface area contributed by atoms with E-state index in [0.717, 1.165) is 16.0 Å². The Morgan fingerprint density at radius 1 is 1.19 bits per heavy atom. The van der Waals surface area contributed by atoms with Gasteiger partial charge in [0.1, 0.15) is 11.3 Å². The number of carbonyl (C=O) groups is 3. The Hall–Kier alpha value is -3.26. The fourth-order valence-corrected chi connectivity index (χ4v) is 3.20. The molecule has 1 amide bonds. The van der Waals surface area contributed by atoms with E-state index in [1.807, 2.05) is 12.1 Å². The second kappa shape index (κ2) is 7.32. The largest absolute Gasteiger partial charge is 0.507 e. The molecule has 2 N–H and O–H groups in total. The van der Waals surface area contributed by atoms with Crippen LogP contribution in [0.1, 0.15) is 25.7 Å². The number of carbonyl (C=O) groups excluding carboxylic acids is 3. The van der Waals surface area contributed by atoms with Gasteiger partial charge in [0.25, 0.3) is 11.7 Å². The third kappa shape index (κ3) is 3.55. The molecule has 0 unspecified atom stereocenters. The van der Waals surface area contributed by atoms with Gasteiger partial charge in [0.15, 0.2) is 5.01 Å². The van der Waals surface area contributed by atoms with E-state index in [1.54, 1.807) is 12.1 Å². The number of benzene rings is 2. The van der Waals surface area contributed by atoms with Crippen LogP contribution in [0.15, 0.2) is 42.5 Å². The molecule has 3 aromatic rings. The van der Waals surface area contributed by atoms with E-state index in [-0.39, 0.29) is 22.9 Å². The summed E-state index contributed by atoms with van der Waals surface area (Å²) in [5.41, 5.74) is 1.18. The smallest absolute Gasteiger partial charge is 0.341 e. The van der Waals surface area contributed by atoms with E-state index < -0.39 is 17.7 Å². The molecule has 0 aliphatic heterocycles. The molecule has 0 aliphatic carbocycles. The first-order chi connectivity index (χ1) is 12.5. The summed E-state index contributed by atoms with van der Waals surface area (Å²) in [5.74, 6) is -2.44. The van der Waals surface area contributed by atoms with Gasteiger partial charge >= 0.3 is 5.97 Å². The van der Waals surface area contributed by atoms with Crippen molar-refractivity contribution in [3.63, 3.8) is 0 Å². The maximum Gasteiger partial charge on any atom is 0.341 e. The maximum atomic E-state index is 12.2. The summed E-state index contributed by atoms with van der Waals surface area (Å²) in [7, 11) is 1.20. The number of esters is 1. The number of Topliss-reactive ketones (excluding diaryl/α,β-unsaturated/α-hetero) is 1. The molecule has 2 aromatic carbocycles. The number of nitrogens with zero attached hydrogens (tertiary/aromatic N) is 1. The number of ether oxygens (including phenoxy) is 1. The molecular formula is C18H14N2O5S. The number of amides is 1. The average molecular weight is 370 g/mol. The zero-order valence-corrected chi connectivity index (χ0v) is 14.5. The lowest BCUT2D eigenvalue weighted by Gasteiger charge is -2.07. The molecule has 0 saturated heterocycles. The number of phenolic OH excluding ortho intramolecular Hbond substituents is 1. The summed E-state index contributed by atoms with van der Waals surface area (Å²) >= 11 is 1.15. The van der Waals surface area contributed by atoms with Crippen molar-refractivity contribution in [2.45, 2.75) is 6.54 Å². The fourth-order valence-electron chi connectivity index (χ4n) is 2.30. The number of fused-ring (bicyclic) bond motifs is 1. The summed E-state index contributed by atoms with van der Waals surface area (Å²) in [4.78, 5) is 40.1. The van der Waals surface area contributed by atoms with Crippen LogP contribution in [0.4, 0.5) is 0 Å². The number of thiazole rings is 1. The lowest BCUT2D eigenvalue weighted by Crippen LogP contribution is -2.30. The molecule has 0 fully saturated rings. The lowest BCUT2D eigenvalue weighted by atomic mass is 10.1. The Morgan fingerprint density at radius 3 is 2.69 bits per heavy atom. The standard InChI is InChI=1S/C18H14N2O5S/c1-25-18(24)11-8-10(6-7-13(11)21)9-19-16(23)15(22)17-20-12-4-2-3-5-14(12)26-17/h2-8,21H,9H2,1H3,(H,19,23).